The van der Waals surface area contributed by atoms with E-state index in [9.17, 15) is 4.79 Å². The van der Waals surface area contributed by atoms with Gasteiger partial charge in [-0.1, -0.05) is 29.8 Å². The number of benzene rings is 1. The minimum atomic E-state index is 0.138. The third-order valence-corrected chi connectivity index (χ3v) is 5.21. The van der Waals surface area contributed by atoms with E-state index in [0.717, 1.165) is 62.5 Å². The van der Waals surface area contributed by atoms with Crippen LogP contribution >= 0.6 is 11.6 Å². The monoisotopic (exact) mass is 336 g/mol. The molecule has 2 fully saturated rings. The first-order valence-corrected chi connectivity index (χ1v) is 8.95. The van der Waals surface area contributed by atoms with Crippen LogP contribution < -0.4 is 5.32 Å². The molecular weight excluding hydrogens is 312 g/mol. The number of nitrogens with one attached hydrogen (secondary N) is 1. The largest absolute Gasteiger partial charge is 0.376 e. The van der Waals surface area contributed by atoms with E-state index in [1.165, 1.54) is 0 Å². The minimum Gasteiger partial charge on any atom is -0.376 e. The maximum Gasteiger partial charge on any atom is 0.223 e. The Hall–Kier alpha value is -1.10. The van der Waals surface area contributed by atoms with E-state index < -0.39 is 0 Å². The van der Waals surface area contributed by atoms with Gasteiger partial charge >= 0.3 is 0 Å². The van der Waals surface area contributed by atoms with Gasteiger partial charge in [-0.15, -0.1) is 0 Å². The van der Waals surface area contributed by atoms with Gasteiger partial charge in [0, 0.05) is 30.6 Å². The summed E-state index contributed by atoms with van der Waals surface area (Å²) < 4.78 is 5.55. The van der Waals surface area contributed by atoms with Crippen molar-refractivity contribution in [2.24, 2.45) is 5.92 Å². The fourth-order valence-corrected chi connectivity index (χ4v) is 3.58. The molecule has 3 rings (SSSR count). The number of piperidine rings is 1. The van der Waals surface area contributed by atoms with Crippen molar-refractivity contribution in [1.29, 1.82) is 0 Å². The van der Waals surface area contributed by atoms with Crippen LogP contribution in [0.2, 0.25) is 5.02 Å². The van der Waals surface area contributed by atoms with E-state index in [-0.39, 0.29) is 17.9 Å². The highest BCUT2D eigenvalue weighted by Crippen LogP contribution is 2.22. The maximum absolute atomic E-state index is 12.3. The molecule has 1 N–H and O–H groups in total. The molecule has 23 heavy (non-hydrogen) atoms. The lowest BCUT2D eigenvalue weighted by Crippen LogP contribution is -2.42. The number of likely N-dealkylation sites (tertiary alicyclic amines) is 1. The predicted octanol–water partition coefficient (Wildman–Crippen LogP) is 2.85. The molecular formula is C18H25ClN2O2. The van der Waals surface area contributed by atoms with E-state index >= 15 is 0 Å². The quantitative estimate of drug-likeness (QED) is 0.899. The third-order valence-electron chi connectivity index (χ3n) is 4.84. The molecule has 1 aromatic carbocycles. The van der Waals surface area contributed by atoms with Crippen LogP contribution in [0.25, 0.3) is 0 Å². The Morgan fingerprint density at radius 3 is 2.74 bits per heavy atom. The number of carbonyl (C=O) groups excluding carboxylic acids is 1. The van der Waals surface area contributed by atoms with Crippen molar-refractivity contribution in [1.82, 2.24) is 10.2 Å². The van der Waals surface area contributed by atoms with E-state index in [2.05, 4.69) is 16.3 Å². The van der Waals surface area contributed by atoms with Crippen molar-refractivity contribution in [2.75, 3.05) is 26.2 Å². The average Bonchev–Trinajstić information content (AvgIpc) is 3.09. The number of carbonyl (C=O) groups is 1. The molecule has 2 heterocycles. The maximum atomic E-state index is 12.3. The zero-order chi connectivity index (χ0) is 16.1. The van der Waals surface area contributed by atoms with E-state index in [4.69, 9.17) is 16.3 Å². The Balaban J connectivity index is 1.41. The summed E-state index contributed by atoms with van der Waals surface area (Å²) in [7, 11) is 0. The summed E-state index contributed by atoms with van der Waals surface area (Å²) in [6.45, 7) is 4.26. The van der Waals surface area contributed by atoms with Crippen molar-refractivity contribution in [2.45, 2.75) is 38.3 Å². The second-order valence-electron chi connectivity index (χ2n) is 6.52. The molecule has 1 aromatic rings. The van der Waals surface area contributed by atoms with Crippen LogP contribution in [0.5, 0.6) is 0 Å². The normalized spacial score (nSPS) is 23.1. The first kappa shape index (κ1) is 16.7. The van der Waals surface area contributed by atoms with Gasteiger partial charge in [0.2, 0.25) is 5.91 Å². The molecule has 0 radical (unpaired) electrons. The number of ether oxygens (including phenoxy) is 1. The standard InChI is InChI=1S/C18H25ClN2O2/c19-17-6-2-1-4-15(17)13-21-9-7-14(8-10-21)18(22)20-12-16-5-3-11-23-16/h1-2,4,6,14,16H,3,5,7-13H2,(H,20,22). The highest BCUT2D eigenvalue weighted by molar-refractivity contribution is 6.31. The smallest absolute Gasteiger partial charge is 0.223 e. The highest BCUT2D eigenvalue weighted by atomic mass is 35.5. The number of hydrogen-bond acceptors (Lipinski definition) is 3. The van der Waals surface area contributed by atoms with E-state index in [0.29, 0.717) is 6.54 Å². The fraction of sp³-hybridized carbons (Fsp3) is 0.611. The van der Waals surface area contributed by atoms with E-state index in [1.54, 1.807) is 0 Å². The molecule has 2 aliphatic rings. The number of hydrogen-bond donors (Lipinski definition) is 1. The Kier molecular flexibility index (Phi) is 5.92. The van der Waals surface area contributed by atoms with Gasteiger partial charge in [0.25, 0.3) is 0 Å². The number of amides is 1. The fourth-order valence-electron chi connectivity index (χ4n) is 3.38. The van der Waals surface area contributed by atoms with Gasteiger partial charge in [0.1, 0.15) is 0 Å². The van der Waals surface area contributed by atoms with Crippen LogP contribution in [0.4, 0.5) is 0 Å². The molecule has 1 amide bonds. The van der Waals surface area contributed by atoms with Gasteiger partial charge < -0.3 is 10.1 Å². The topological polar surface area (TPSA) is 41.6 Å². The SMILES string of the molecule is O=C(NCC1CCCO1)C1CCN(Cc2ccccc2Cl)CC1. The predicted molar refractivity (Wildman–Crippen MR) is 91.4 cm³/mol. The van der Waals surface area contributed by atoms with E-state index in [1.807, 2.05) is 18.2 Å². The van der Waals surface area contributed by atoms with Crippen LogP contribution in [-0.4, -0.2) is 43.2 Å². The van der Waals surface area contributed by atoms with Crippen LogP contribution in [0.1, 0.15) is 31.2 Å². The summed E-state index contributed by atoms with van der Waals surface area (Å²) in [5.74, 6) is 0.330. The van der Waals surface area contributed by atoms with Crippen molar-refractivity contribution >= 4 is 17.5 Å². The van der Waals surface area contributed by atoms with Gasteiger partial charge in [0.15, 0.2) is 0 Å². The number of halogens is 1. The molecule has 0 saturated carbocycles. The molecule has 0 spiro atoms. The van der Waals surface area contributed by atoms with Crippen molar-refractivity contribution in [3.63, 3.8) is 0 Å². The summed E-state index contributed by atoms with van der Waals surface area (Å²) in [4.78, 5) is 14.6. The highest BCUT2D eigenvalue weighted by Gasteiger charge is 2.26. The molecule has 1 unspecified atom stereocenters. The lowest BCUT2D eigenvalue weighted by atomic mass is 9.95. The van der Waals surface area contributed by atoms with Gasteiger partial charge in [-0.05, 0) is 50.4 Å². The average molecular weight is 337 g/mol. The molecule has 5 heteroatoms. The molecule has 126 valence electrons. The van der Waals surface area contributed by atoms with Gasteiger partial charge in [-0.2, -0.15) is 0 Å². The molecule has 0 aromatic heterocycles. The zero-order valence-electron chi connectivity index (χ0n) is 13.5. The van der Waals surface area contributed by atoms with Crippen molar-refractivity contribution < 1.29 is 9.53 Å². The summed E-state index contributed by atoms with van der Waals surface area (Å²) in [6, 6.07) is 7.98. The first-order valence-electron chi connectivity index (χ1n) is 8.57. The lowest BCUT2D eigenvalue weighted by Gasteiger charge is -2.31. The lowest BCUT2D eigenvalue weighted by molar-refractivity contribution is -0.127. The molecule has 1 atom stereocenters. The zero-order valence-corrected chi connectivity index (χ0v) is 14.2. The molecule has 0 aliphatic carbocycles. The van der Waals surface area contributed by atoms with Gasteiger partial charge in [-0.3, -0.25) is 9.69 Å². The molecule has 2 aliphatic heterocycles. The second kappa shape index (κ2) is 8.13. The third kappa shape index (κ3) is 4.69. The van der Waals surface area contributed by atoms with Crippen LogP contribution in [0.3, 0.4) is 0 Å². The molecule has 4 nitrogen and oxygen atoms in total. The Bertz CT molecular complexity index is 524. The Morgan fingerprint density at radius 2 is 2.04 bits per heavy atom. The van der Waals surface area contributed by atoms with Gasteiger partial charge in [-0.25, -0.2) is 0 Å². The van der Waals surface area contributed by atoms with Crippen LogP contribution in [0, 0.1) is 5.92 Å². The van der Waals surface area contributed by atoms with Crippen LogP contribution in [-0.2, 0) is 16.1 Å². The number of nitrogens with zero attached hydrogens (tertiary/aromatic N) is 1. The van der Waals surface area contributed by atoms with Crippen molar-refractivity contribution in [3.05, 3.63) is 34.9 Å². The van der Waals surface area contributed by atoms with Crippen LogP contribution in [0.15, 0.2) is 24.3 Å². The second-order valence-corrected chi connectivity index (χ2v) is 6.93. The summed E-state index contributed by atoms with van der Waals surface area (Å²) in [5, 5.41) is 3.89. The molecule has 0 bridgehead atoms. The van der Waals surface area contributed by atoms with Crippen molar-refractivity contribution in [3.8, 4) is 0 Å². The van der Waals surface area contributed by atoms with Gasteiger partial charge in [0.05, 0.1) is 6.10 Å². The number of rotatable bonds is 5. The Labute approximate surface area is 143 Å². The summed E-state index contributed by atoms with van der Waals surface area (Å²) in [5.41, 5.74) is 1.16. The summed E-state index contributed by atoms with van der Waals surface area (Å²) in [6.07, 6.45) is 4.24. The summed E-state index contributed by atoms with van der Waals surface area (Å²) >= 11 is 6.22. The first-order chi connectivity index (χ1) is 11.2. The molecule has 2 saturated heterocycles. The Morgan fingerprint density at radius 1 is 1.26 bits per heavy atom. The minimum absolute atomic E-state index is 0.138.